The molecule has 2 unspecified atom stereocenters. The minimum Gasteiger partial charge on any atom is -0.318 e. The highest BCUT2D eigenvalue weighted by molar-refractivity contribution is 4.77. The zero-order chi connectivity index (χ0) is 9.68. The number of rotatable bonds is 4. The summed E-state index contributed by atoms with van der Waals surface area (Å²) in [6.07, 6.45) is 5.68. The summed E-state index contributed by atoms with van der Waals surface area (Å²) < 4.78 is 0. The van der Waals surface area contributed by atoms with E-state index in [-0.39, 0.29) is 0 Å². The Morgan fingerprint density at radius 3 is 2.77 bits per heavy atom. The molecule has 2 heteroatoms. The largest absolute Gasteiger partial charge is 0.318 e. The highest BCUT2D eigenvalue weighted by Gasteiger charge is 2.21. The molecule has 0 spiro atoms. The predicted octanol–water partition coefficient (Wildman–Crippen LogP) is 1.72. The maximum absolute atomic E-state index is 3.21. The van der Waals surface area contributed by atoms with Crippen molar-refractivity contribution in [1.29, 1.82) is 0 Å². The molecule has 1 rings (SSSR count). The summed E-state index contributed by atoms with van der Waals surface area (Å²) in [5.74, 6) is 0.941. The van der Waals surface area contributed by atoms with Crippen LogP contribution in [0.1, 0.15) is 32.6 Å². The third-order valence-electron chi connectivity index (χ3n) is 3.25. The first kappa shape index (κ1) is 11.0. The van der Waals surface area contributed by atoms with Crippen molar-refractivity contribution in [2.45, 2.75) is 38.6 Å². The highest BCUT2D eigenvalue weighted by atomic mass is 15.1. The Labute approximate surface area is 82.7 Å². The average molecular weight is 184 g/mol. The van der Waals surface area contributed by atoms with Gasteiger partial charge >= 0.3 is 0 Å². The number of hydrogen-bond donors (Lipinski definition) is 1. The first-order chi connectivity index (χ1) is 6.24. The van der Waals surface area contributed by atoms with Crippen LogP contribution in [-0.4, -0.2) is 38.1 Å². The SMILES string of the molecule is CNCCN(C)C1CCCC(C)C1. The lowest BCUT2D eigenvalue weighted by atomic mass is 9.86. The fraction of sp³-hybridized carbons (Fsp3) is 1.00. The van der Waals surface area contributed by atoms with E-state index in [1.54, 1.807) is 0 Å². The first-order valence-corrected chi connectivity index (χ1v) is 5.59. The van der Waals surface area contributed by atoms with Gasteiger partial charge in [0.2, 0.25) is 0 Å². The van der Waals surface area contributed by atoms with Crippen molar-refractivity contribution < 1.29 is 0 Å². The molecular formula is C11H24N2. The number of nitrogens with one attached hydrogen (secondary N) is 1. The van der Waals surface area contributed by atoms with E-state index in [1.165, 1.54) is 32.2 Å². The van der Waals surface area contributed by atoms with Gasteiger partial charge < -0.3 is 10.2 Å². The van der Waals surface area contributed by atoms with Crippen LogP contribution in [0.25, 0.3) is 0 Å². The molecule has 0 aromatic rings. The van der Waals surface area contributed by atoms with Gasteiger partial charge in [-0.2, -0.15) is 0 Å². The van der Waals surface area contributed by atoms with Crippen molar-refractivity contribution >= 4 is 0 Å². The summed E-state index contributed by atoms with van der Waals surface area (Å²) in [5, 5.41) is 3.21. The molecule has 2 nitrogen and oxygen atoms in total. The minimum absolute atomic E-state index is 0.845. The third-order valence-corrected chi connectivity index (χ3v) is 3.25. The van der Waals surface area contributed by atoms with E-state index in [0.29, 0.717) is 0 Å². The molecule has 0 aromatic heterocycles. The predicted molar refractivity (Wildman–Crippen MR) is 58.0 cm³/mol. The van der Waals surface area contributed by atoms with E-state index in [4.69, 9.17) is 0 Å². The van der Waals surface area contributed by atoms with Crippen molar-refractivity contribution in [3.8, 4) is 0 Å². The summed E-state index contributed by atoms with van der Waals surface area (Å²) in [7, 11) is 4.29. The van der Waals surface area contributed by atoms with Gasteiger partial charge in [0.25, 0.3) is 0 Å². The maximum Gasteiger partial charge on any atom is 0.0107 e. The molecule has 1 N–H and O–H groups in total. The second-order valence-corrected chi connectivity index (χ2v) is 4.51. The molecule has 0 heterocycles. The van der Waals surface area contributed by atoms with Crippen molar-refractivity contribution in [1.82, 2.24) is 10.2 Å². The summed E-state index contributed by atoms with van der Waals surface area (Å²) in [5.41, 5.74) is 0. The van der Waals surface area contributed by atoms with E-state index in [1.807, 2.05) is 7.05 Å². The quantitative estimate of drug-likeness (QED) is 0.715. The van der Waals surface area contributed by atoms with E-state index in [2.05, 4.69) is 24.2 Å². The average Bonchev–Trinajstić information content (AvgIpc) is 2.14. The molecule has 1 saturated carbocycles. The van der Waals surface area contributed by atoms with E-state index >= 15 is 0 Å². The third kappa shape index (κ3) is 3.65. The molecule has 0 radical (unpaired) electrons. The van der Waals surface area contributed by atoms with E-state index in [0.717, 1.165) is 18.5 Å². The van der Waals surface area contributed by atoms with Crippen molar-refractivity contribution in [2.75, 3.05) is 27.2 Å². The Morgan fingerprint density at radius 2 is 2.15 bits per heavy atom. The van der Waals surface area contributed by atoms with Gasteiger partial charge in [-0.1, -0.05) is 19.8 Å². The van der Waals surface area contributed by atoms with Gasteiger partial charge in [0.1, 0.15) is 0 Å². The molecule has 2 atom stereocenters. The highest BCUT2D eigenvalue weighted by Crippen LogP contribution is 2.26. The summed E-state index contributed by atoms with van der Waals surface area (Å²) in [4.78, 5) is 2.52. The van der Waals surface area contributed by atoms with Crippen LogP contribution in [0, 0.1) is 5.92 Å². The second kappa shape index (κ2) is 5.61. The standard InChI is InChI=1S/C11H24N2/c1-10-5-4-6-11(9-10)13(3)8-7-12-2/h10-12H,4-9H2,1-3H3. The Morgan fingerprint density at radius 1 is 1.38 bits per heavy atom. The van der Waals surface area contributed by atoms with Crippen LogP contribution >= 0.6 is 0 Å². The Bertz CT molecular complexity index is 136. The summed E-state index contributed by atoms with van der Waals surface area (Å²) in [6, 6.07) is 0.845. The zero-order valence-electron chi connectivity index (χ0n) is 9.34. The van der Waals surface area contributed by atoms with Crippen LogP contribution in [0.3, 0.4) is 0 Å². The van der Waals surface area contributed by atoms with Crippen LogP contribution in [0.4, 0.5) is 0 Å². The van der Waals surface area contributed by atoms with E-state index in [9.17, 15) is 0 Å². The number of likely N-dealkylation sites (N-methyl/N-ethyl adjacent to an activating group) is 2. The van der Waals surface area contributed by atoms with Crippen molar-refractivity contribution in [3.05, 3.63) is 0 Å². The van der Waals surface area contributed by atoms with E-state index < -0.39 is 0 Å². The maximum atomic E-state index is 3.21. The van der Waals surface area contributed by atoms with Crippen molar-refractivity contribution in [3.63, 3.8) is 0 Å². The summed E-state index contributed by atoms with van der Waals surface area (Å²) in [6.45, 7) is 4.69. The van der Waals surface area contributed by atoms with Crippen LogP contribution in [0.5, 0.6) is 0 Å². The van der Waals surface area contributed by atoms with Crippen molar-refractivity contribution in [2.24, 2.45) is 5.92 Å². The lowest BCUT2D eigenvalue weighted by Crippen LogP contribution is -2.38. The molecule has 1 aliphatic rings. The van der Waals surface area contributed by atoms with Crippen LogP contribution in [0.2, 0.25) is 0 Å². The van der Waals surface area contributed by atoms with Crippen LogP contribution in [-0.2, 0) is 0 Å². The Balaban J connectivity index is 2.24. The molecule has 1 fully saturated rings. The molecule has 0 saturated heterocycles. The van der Waals surface area contributed by atoms with Gasteiger partial charge in [0, 0.05) is 19.1 Å². The van der Waals surface area contributed by atoms with Gasteiger partial charge in [0.05, 0.1) is 0 Å². The Kier molecular flexibility index (Phi) is 4.74. The van der Waals surface area contributed by atoms with Gasteiger partial charge in [-0.3, -0.25) is 0 Å². The molecule has 78 valence electrons. The smallest absolute Gasteiger partial charge is 0.0107 e. The van der Waals surface area contributed by atoms with Gasteiger partial charge in [0.15, 0.2) is 0 Å². The zero-order valence-corrected chi connectivity index (χ0v) is 9.34. The fourth-order valence-corrected chi connectivity index (χ4v) is 2.27. The lowest BCUT2D eigenvalue weighted by molar-refractivity contribution is 0.165. The normalized spacial score (nSPS) is 29.5. The van der Waals surface area contributed by atoms with Gasteiger partial charge in [-0.25, -0.2) is 0 Å². The molecule has 0 bridgehead atoms. The number of nitrogens with zero attached hydrogens (tertiary/aromatic N) is 1. The second-order valence-electron chi connectivity index (χ2n) is 4.51. The monoisotopic (exact) mass is 184 g/mol. The minimum atomic E-state index is 0.845. The first-order valence-electron chi connectivity index (χ1n) is 5.59. The van der Waals surface area contributed by atoms with Crippen LogP contribution < -0.4 is 5.32 Å². The fourth-order valence-electron chi connectivity index (χ4n) is 2.27. The number of hydrogen-bond acceptors (Lipinski definition) is 2. The van der Waals surface area contributed by atoms with Crippen LogP contribution in [0.15, 0.2) is 0 Å². The molecule has 0 aliphatic heterocycles. The summed E-state index contributed by atoms with van der Waals surface area (Å²) >= 11 is 0. The molecule has 0 amide bonds. The molecule has 1 aliphatic carbocycles. The molecule has 0 aromatic carbocycles. The Hall–Kier alpha value is -0.0800. The molecule has 13 heavy (non-hydrogen) atoms. The molecular weight excluding hydrogens is 160 g/mol. The van der Waals surface area contributed by atoms with Gasteiger partial charge in [-0.05, 0) is 32.9 Å². The topological polar surface area (TPSA) is 15.3 Å². The van der Waals surface area contributed by atoms with Gasteiger partial charge in [-0.15, -0.1) is 0 Å². The lowest BCUT2D eigenvalue weighted by Gasteiger charge is -2.34.